The normalized spacial score (nSPS) is 7.50. The third-order valence-corrected chi connectivity index (χ3v) is 0.348. The van der Waals surface area contributed by atoms with Gasteiger partial charge in [0.15, 0.2) is 0 Å². The molecular formula is C3H7BO2. The molecule has 0 amide bonds. The molecular weight excluding hydrogens is 78.8 g/mol. The summed E-state index contributed by atoms with van der Waals surface area (Å²) in [5.74, 6) is -0.211. The Kier molecular flexibility index (Phi) is 2.54. The second-order valence-corrected chi connectivity index (χ2v) is 0.925. The third-order valence-electron chi connectivity index (χ3n) is 0.348. The summed E-state index contributed by atoms with van der Waals surface area (Å²) in [4.78, 5) is 9.82. The van der Waals surface area contributed by atoms with Crippen LogP contribution in [-0.2, 0) is 4.74 Å². The van der Waals surface area contributed by atoms with Crippen molar-refractivity contribution < 1.29 is 9.53 Å². The Balaban J connectivity index is 2.83. The van der Waals surface area contributed by atoms with E-state index in [4.69, 9.17) is 0 Å². The molecule has 0 aliphatic carbocycles. The molecule has 0 rings (SSSR count). The number of carbonyl (C=O) groups is 1. The first-order valence-electron chi connectivity index (χ1n) is 1.90. The van der Waals surface area contributed by atoms with Gasteiger partial charge in [-0.25, -0.2) is 0 Å². The Morgan fingerprint density at radius 2 is 2.50 bits per heavy atom. The first kappa shape index (κ1) is 5.53. The van der Waals surface area contributed by atoms with Crippen LogP contribution in [0.15, 0.2) is 0 Å². The number of hydrogen-bond donors (Lipinski definition) is 0. The minimum absolute atomic E-state index is 0.211. The summed E-state index contributed by atoms with van der Waals surface area (Å²) >= 11 is 0. The molecule has 0 aliphatic rings. The lowest BCUT2D eigenvalue weighted by Crippen LogP contribution is -1.98. The first-order valence-corrected chi connectivity index (χ1v) is 1.90. The highest BCUT2D eigenvalue weighted by Gasteiger charge is 1.82. The van der Waals surface area contributed by atoms with Crippen molar-refractivity contribution in [1.29, 1.82) is 0 Å². The zero-order valence-electron chi connectivity index (χ0n) is 4.02. The van der Waals surface area contributed by atoms with E-state index in [1.54, 1.807) is 6.92 Å². The number of carbonyl (C=O) groups excluding carboxylic acids is 1. The largest absolute Gasteiger partial charge is 0.474 e. The number of ether oxygens (including phenoxy) is 1. The molecule has 6 heavy (non-hydrogen) atoms. The van der Waals surface area contributed by atoms with Crippen molar-refractivity contribution in [2.45, 2.75) is 6.92 Å². The standard InChI is InChI=1S/C3H7BO2/c1-2-6-3(4)5/h2,4H2,1H3. The van der Waals surface area contributed by atoms with Crippen molar-refractivity contribution in [1.82, 2.24) is 0 Å². The lowest BCUT2D eigenvalue weighted by atomic mass is 10.2. The van der Waals surface area contributed by atoms with Crippen molar-refractivity contribution in [3.8, 4) is 0 Å². The Morgan fingerprint density at radius 3 is 2.50 bits per heavy atom. The topological polar surface area (TPSA) is 26.3 Å². The second-order valence-electron chi connectivity index (χ2n) is 0.925. The molecule has 0 aromatic heterocycles. The van der Waals surface area contributed by atoms with Gasteiger partial charge in [-0.3, -0.25) is 4.79 Å². The highest BCUT2D eigenvalue weighted by molar-refractivity contribution is 6.55. The van der Waals surface area contributed by atoms with Crippen molar-refractivity contribution in [2.75, 3.05) is 6.61 Å². The maximum atomic E-state index is 9.82. The van der Waals surface area contributed by atoms with E-state index in [0.717, 1.165) is 0 Å². The lowest BCUT2D eigenvalue weighted by molar-refractivity contribution is 0.179. The Hall–Kier alpha value is -0.465. The summed E-state index contributed by atoms with van der Waals surface area (Å²) < 4.78 is 4.40. The summed E-state index contributed by atoms with van der Waals surface area (Å²) in [6, 6.07) is 0. The van der Waals surface area contributed by atoms with Crippen LogP contribution in [0.25, 0.3) is 0 Å². The molecule has 3 heteroatoms. The Bertz CT molecular complexity index is 52.8. The molecule has 0 saturated carbocycles. The van der Waals surface area contributed by atoms with E-state index in [2.05, 4.69) is 4.74 Å². The van der Waals surface area contributed by atoms with Gasteiger partial charge in [-0.2, -0.15) is 0 Å². The number of hydrogen-bond acceptors (Lipinski definition) is 2. The van der Waals surface area contributed by atoms with Gasteiger partial charge in [-0.15, -0.1) is 0 Å². The van der Waals surface area contributed by atoms with Gasteiger partial charge in [0.05, 0.1) is 6.61 Å². The molecule has 0 aromatic rings. The van der Waals surface area contributed by atoms with Crippen LogP contribution < -0.4 is 0 Å². The van der Waals surface area contributed by atoms with Crippen molar-refractivity contribution in [3.05, 3.63) is 0 Å². The fourth-order valence-electron chi connectivity index (χ4n) is 0.203. The van der Waals surface area contributed by atoms with Gasteiger partial charge in [-0.05, 0) is 6.92 Å². The van der Waals surface area contributed by atoms with Crippen molar-refractivity contribution in [2.24, 2.45) is 0 Å². The molecule has 2 nitrogen and oxygen atoms in total. The van der Waals surface area contributed by atoms with E-state index in [1.165, 1.54) is 7.85 Å². The van der Waals surface area contributed by atoms with E-state index in [0.29, 0.717) is 6.61 Å². The monoisotopic (exact) mass is 86.1 g/mol. The summed E-state index contributed by atoms with van der Waals surface area (Å²) in [5, 5.41) is 0. The van der Waals surface area contributed by atoms with Gasteiger partial charge in [0.2, 0.25) is 13.7 Å². The van der Waals surface area contributed by atoms with Crippen molar-refractivity contribution in [3.63, 3.8) is 0 Å². The summed E-state index contributed by atoms with van der Waals surface area (Å²) in [6.07, 6.45) is 0. The van der Waals surface area contributed by atoms with Crippen molar-refractivity contribution >= 4 is 13.7 Å². The molecule has 0 spiro atoms. The van der Waals surface area contributed by atoms with Gasteiger partial charge >= 0.3 is 0 Å². The molecule has 0 saturated heterocycles. The molecule has 0 atom stereocenters. The molecule has 34 valence electrons. The van der Waals surface area contributed by atoms with Crippen LogP contribution >= 0.6 is 0 Å². The number of rotatable bonds is 1. The van der Waals surface area contributed by atoms with Crippen LogP contribution in [0.2, 0.25) is 0 Å². The average molecular weight is 85.9 g/mol. The van der Waals surface area contributed by atoms with Crippen LogP contribution in [0, 0.1) is 0 Å². The predicted molar refractivity (Wildman–Crippen MR) is 25.6 cm³/mol. The lowest BCUT2D eigenvalue weighted by Gasteiger charge is -1.90. The molecule has 0 bridgehead atoms. The molecule has 0 heterocycles. The van der Waals surface area contributed by atoms with E-state index in [-0.39, 0.29) is 5.87 Å². The Morgan fingerprint density at radius 1 is 2.00 bits per heavy atom. The Labute approximate surface area is 37.9 Å². The van der Waals surface area contributed by atoms with Crippen LogP contribution in [0.4, 0.5) is 4.79 Å². The molecule has 0 unspecified atom stereocenters. The quantitative estimate of drug-likeness (QED) is 0.412. The molecule has 0 aromatic carbocycles. The maximum Gasteiger partial charge on any atom is 0.243 e. The summed E-state index contributed by atoms with van der Waals surface area (Å²) in [7, 11) is 1.39. The van der Waals surface area contributed by atoms with E-state index in [1.807, 2.05) is 0 Å². The highest BCUT2D eigenvalue weighted by Crippen LogP contribution is 1.69. The smallest absolute Gasteiger partial charge is 0.243 e. The first-order chi connectivity index (χ1) is 2.77. The van der Waals surface area contributed by atoms with Gasteiger partial charge in [-0.1, -0.05) is 0 Å². The van der Waals surface area contributed by atoms with E-state index < -0.39 is 0 Å². The summed E-state index contributed by atoms with van der Waals surface area (Å²) in [6.45, 7) is 2.26. The van der Waals surface area contributed by atoms with Crippen LogP contribution in [0.1, 0.15) is 6.92 Å². The predicted octanol–water partition coefficient (Wildman–Crippen LogP) is -0.224. The fourth-order valence-corrected chi connectivity index (χ4v) is 0.203. The van der Waals surface area contributed by atoms with Gasteiger partial charge in [0.25, 0.3) is 0 Å². The van der Waals surface area contributed by atoms with Gasteiger partial charge in [0.1, 0.15) is 0 Å². The van der Waals surface area contributed by atoms with Crippen LogP contribution in [-0.4, -0.2) is 20.3 Å². The SMILES string of the molecule is BC(=O)OCC. The molecule has 0 radical (unpaired) electrons. The zero-order chi connectivity index (χ0) is 4.99. The molecule has 0 fully saturated rings. The van der Waals surface area contributed by atoms with Gasteiger partial charge < -0.3 is 4.74 Å². The maximum absolute atomic E-state index is 9.82. The molecule has 0 N–H and O–H groups in total. The second kappa shape index (κ2) is 2.76. The minimum atomic E-state index is -0.211. The minimum Gasteiger partial charge on any atom is -0.474 e. The fraction of sp³-hybridized carbons (Fsp3) is 0.667. The third kappa shape index (κ3) is 3.53. The van der Waals surface area contributed by atoms with E-state index >= 15 is 0 Å². The van der Waals surface area contributed by atoms with Crippen LogP contribution in [0.3, 0.4) is 0 Å². The van der Waals surface area contributed by atoms with E-state index in [9.17, 15) is 4.79 Å². The average Bonchev–Trinajstić information content (AvgIpc) is 1.35. The zero-order valence-corrected chi connectivity index (χ0v) is 4.02. The molecule has 0 aliphatic heterocycles. The van der Waals surface area contributed by atoms with Gasteiger partial charge in [0, 0.05) is 0 Å². The van der Waals surface area contributed by atoms with Crippen LogP contribution in [0.5, 0.6) is 0 Å². The highest BCUT2D eigenvalue weighted by atomic mass is 16.5. The summed E-state index contributed by atoms with van der Waals surface area (Å²) in [5.41, 5.74) is 0.